The summed E-state index contributed by atoms with van der Waals surface area (Å²) in [6.45, 7) is 0.509. The first-order valence-corrected chi connectivity index (χ1v) is 8.80. The Morgan fingerprint density at radius 3 is 2.33 bits per heavy atom. The van der Waals surface area contributed by atoms with Crippen molar-refractivity contribution in [3.63, 3.8) is 0 Å². The minimum Gasteiger partial charge on any atom is -0.397 e. The number of nitrogens with zero attached hydrogens (tertiary/aromatic N) is 1. The van der Waals surface area contributed by atoms with E-state index in [-0.39, 0.29) is 40.7 Å². The van der Waals surface area contributed by atoms with Crippen LogP contribution in [0.3, 0.4) is 0 Å². The molecule has 1 saturated heterocycles. The minimum absolute atomic E-state index is 0.00386. The lowest BCUT2D eigenvalue weighted by molar-refractivity contribution is 0.0964. The number of carbonyl (C=O) groups excluding carboxylic acids is 2. The van der Waals surface area contributed by atoms with Gasteiger partial charge in [-0.1, -0.05) is 0 Å². The molecule has 0 bridgehead atoms. The molecule has 1 aliphatic heterocycles. The number of nitrogen functional groups attached to an aromatic ring is 1. The van der Waals surface area contributed by atoms with Crippen LogP contribution in [0.2, 0.25) is 0 Å². The number of hydrogen-bond donors (Lipinski definition) is 3. The van der Waals surface area contributed by atoms with Crippen LogP contribution in [0.15, 0.2) is 0 Å². The Hall–Kier alpha value is -1.81. The predicted octanol–water partition coefficient (Wildman–Crippen LogP) is -0.976. The molecular weight excluding hydrogens is 316 g/mol. The molecule has 0 aliphatic carbocycles. The molecule has 10 heteroatoms. The normalized spacial score (nSPS) is 17.5. The van der Waals surface area contributed by atoms with Crippen molar-refractivity contribution >= 4 is 43.7 Å². The molecule has 21 heavy (non-hydrogen) atoms. The quantitative estimate of drug-likeness (QED) is 0.651. The van der Waals surface area contributed by atoms with E-state index in [0.29, 0.717) is 5.00 Å². The molecule has 2 amide bonds. The zero-order chi connectivity index (χ0) is 15.8. The highest BCUT2D eigenvalue weighted by Gasteiger charge is 2.30. The number of primary amides is 1. The number of amides is 2. The molecule has 1 fully saturated rings. The maximum atomic E-state index is 12.0. The van der Waals surface area contributed by atoms with Crippen LogP contribution in [0, 0.1) is 0 Å². The molecule has 0 spiro atoms. The zero-order valence-corrected chi connectivity index (χ0v) is 13.0. The molecule has 2 rings (SSSR count). The minimum atomic E-state index is -3.04. The summed E-state index contributed by atoms with van der Waals surface area (Å²) >= 11 is 1.02. The van der Waals surface area contributed by atoms with Crippen LogP contribution < -0.4 is 21.7 Å². The molecule has 1 aliphatic rings. The average molecular weight is 332 g/mol. The first kappa shape index (κ1) is 15.6. The highest BCUT2D eigenvalue weighted by molar-refractivity contribution is 7.91. The van der Waals surface area contributed by atoms with Gasteiger partial charge in [-0.2, -0.15) is 0 Å². The molecule has 5 N–H and O–H groups in total. The molecule has 1 aromatic rings. The van der Waals surface area contributed by atoms with E-state index < -0.39 is 21.7 Å². The summed E-state index contributed by atoms with van der Waals surface area (Å²) in [6.07, 6.45) is 0. The van der Waals surface area contributed by atoms with Gasteiger partial charge in [-0.05, 0) is 0 Å². The second kappa shape index (κ2) is 5.53. The summed E-state index contributed by atoms with van der Waals surface area (Å²) in [7, 11) is -1.59. The summed E-state index contributed by atoms with van der Waals surface area (Å²) in [6, 6.07) is 0. The van der Waals surface area contributed by atoms with Crippen molar-refractivity contribution in [3.8, 4) is 0 Å². The Balaban J connectivity index is 2.45. The van der Waals surface area contributed by atoms with Gasteiger partial charge in [-0.3, -0.25) is 9.59 Å². The van der Waals surface area contributed by atoms with Gasteiger partial charge < -0.3 is 21.7 Å². The third-order valence-electron chi connectivity index (χ3n) is 3.24. The van der Waals surface area contributed by atoms with Crippen molar-refractivity contribution in [1.29, 1.82) is 0 Å². The van der Waals surface area contributed by atoms with Crippen LogP contribution in [0.4, 0.5) is 10.7 Å². The number of carbonyl (C=O) groups is 2. The van der Waals surface area contributed by atoms with Crippen molar-refractivity contribution in [2.75, 3.05) is 42.3 Å². The van der Waals surface area contributed by atoms with E-state index in [2.05, 4.69) is 5.32 Å². The van der Waals surface area contributed by atoms with Gasteiger partial charge in [0.25, 0.3) is 11.8 Å². The lowest BCUT2D eigenvalue weighted by atomic mass is 10.2. The van der Waals surface area contributed by atoms with Crippen LogP contribution >= 0.6 is 11.3 Å². The predicted molar refractivity (Wildman–Crippen MR) is 81.5 cm³/mol. The number of rotatable bonds is 3. The zero-order valence-electron chi connectivity index (χ0n) is 11.4. The van der Waals surface area contributed by atoms with Crippen molar-refractivity contribution in [2.24, 2.45) is 5.73 Å². The van der Waals surface area contributed by atoms with Gasteiger partial charge in [0.1, 0.15) is 9.88 Å². The molecule has 116 valence electrons. The van der Waals surface area contributed by atoms with E-state index in [1.54, 1.807) is 4.90 Å². The van der Waals surface area contributed by atoms with Crippen LogP contribution in [0.5, 0.6) is 0 Å². The van der Waals surface area contributed by atoms with Crippen LogP contribution in [0.1, 0.15) is 20.0 Å². The second-order valence-electron chi connectivity index (χ2n) is 4.61. The third-order valence-corrected chi connectivity index (χ3v) is 6.13. The molecule has 0 radical (unpaired) electrons. The van der Waals surface area contributed by atoms with E-state index in [1.807, 2.05) is 0 Å². The second-order valence-corrected chi connectivity index (χ2v) is 7.91. The Bertz CT molecular complexity index is 681. The monoisotopic (exact) mass is 332 g/mol. The van der Waals surface area contributed by atoms with Gasteiger partial charge in [0, 0.05) is 20.1 Å². The van der Waals surface area contributed by atoms with Gasteiger partial charge in [-0.25, -0.2) is 8.42 Å². The highest BCUT2D eigenvalue weighted by Crippen LogP contribution is 2.38. The Morgan fingerprint density at radius 1 is 1.29 bits per heavy atom. The smallest absolute Gasteiger partial charge is 0.260 e. The summed E-state index contributed by atoms with van der Waals surface area (Å²) < 4.78 is 23.0. The first-order chi connectivity index (χ1) is 9.76. The molecule has 1 aromatic heterocycles. The maximum Gasteiger partial charge on any atom is 0.260 e. The van der Waals surface area contributed by atoms with Gasteiger partial charge >= 0.3 is 0 Å². The van der Waals surface area contributed by atoms with Crippen molar-refractivity contribution in [3.05, 3.63) is 10.4 Å². The fourth-order valence-electron chi connectivity index (χ4n) is 2.10. The molecule has 0 aromatic carbocycles. The number of nitrogens with two attached hydrogens (primary N) is 2. The fraction of sp³-hybridized carbons (Fsp3) is 0.455. The lowest BCUT2D eigenvalue weighted by Crippen LogP contribution is -2.40. The first-order valence-electron chi connectivity index (χ1n) is 6.16. The van der Waals surface area contributed by atoms with Crippen molar-refractivity contribution in [1.82, 2.24) is 5.32 Å². The number of hydrogen-bond acceptors (Lipinski definition) is 7. The van der Waals surface area contributed by atoms with Crippen molar-refractivity contribution in [2.45, 2.75) is 0 Å². The Morgan fingerprint density at radius 2 is 1.86 bits per heavy atom. The summed E-state index contributed by atoms with van der Waals surface area (Å²) in [5, 5.41) is 2.94. The molecule has 0 unspecified atom stereocenters. The number of sulfone groups is 1. The number of nitrogens with one attached hydrogen (secondary N) is 1. The van der Waals surface area contributed by atoms with Crippen LogP contribution in [0.25, 0.3) is 0 Å². The van der Waals surface area contributed by atoms with E-state index in [1.165, 1.54) is 7.05 Å². The Kier molecular flexibility index (Phi) is 4.10. The van der Waals surface area contributed by atoms with Gasteiger partial charge in [0.05, 0.1) is 22.8 Å². The van der Waals surface area contributed by atoms with Crippen LogP contribution in [-0.4, -0.2) is 51.9 Å². The molecule has 0 saturated carbocycles. The number of thiophene rings is 1. The largest absolute Gasteiger partial charge is 0.397 e. The SMILES string of the molecule is CNC(=O)c1c(N2CCS(=O)(=O)CC2)sc(C(N)=O)c1N. The summed E-state index contributed by atoms with van der Waals surface area (Å²) in [5.41, 5.74) is 11.3. The maximum absolute atomic E-state index is 12.0. The van der Waals surface area contributed by atoms with Crippen LogP contribution in [-0.2, 0) is 9.84 Å². The van der Waals surface area contributed by atoms with Gasteiger partial charge in [0.15, 0.2) is 9.84 Å². The van der Waals surface area contributed by atoms with E-state index in [4.69, 9.17) is 11.5 Å². The molecule has 2 heterocycles. The molecule has 0 atom stereocenters. The third kappa shape index (κ3) is 2.95. The fourth-order valence-corrected chi connectivity index (χ4v) is 4.42. The Labute approximate surface area is 126 Å². The standard InChI is InChI=1S/C11H16N4O4S2/c1-14-10(17)6-7(12)8(9(13)16)20-11(6)15-2-4-21(18,19)5-3-15/h2-5,12H2,1H3,(H2,13,16)(H,14,17). The van der Waals surface area contributed by atoms with E-state index in [0.717, 1.165) is 11.3 Å². The highest BCUT2D eigenvalue weighted by atomic mass is 32.2. The van der Waals surface area contributed by atoms with E-state index in [9.17, 15) is 18.0 Å². The van der Waals surface area contributed by atoms with Gasteiger partial charge in [-0.15, -0.1) is 11.3 Å². The molecular formula is C11H16N4O4S2. The van der Waals surface area contributed by atoms with Gasteiger partial charge in [0.2, 0.25) is 0 Å². The van der Waals surface area contributed by atoms with E-state index >= 15 is 0 Å². The topological polar surface area (TPSA) is 136 Å². The molecule has 8 nitrogen and oxygen atoms in total. The summed E-state index contributed by atoms with van der Waals surface area (Å²) in [4.78, 5) is 25.2. The lowest BCUT2D eigenvalue weighted by Gasteiger charge is -2.28. The van der Waals surface area contributed by atoms with Crippen molar-refractivity contribution < 1.29 is 18.0 Å². The summed E-state index contributed by atoms with van der Waals surface area (Å²) in [5.74, 6) is -1.13. The average Bonchev–Trinajstić information content (AvgIpc) is 2.75. The number of anilines is 2.